The minimum Gasteiger partial charge on any atom is -0.389 e. The van der Waals surface area contributed by atoms with E-state index in [9.17, 15) is 19.2 Å². The number of anilines is 1. The summed E-state index contributed by atoms with van der Waals surface area (Å²) in [5, 5.41) is 11.2. The summed E-state index contributed by atoms with van der Waals surface area (Å²) in [7, 11) is 1.75. The van der Waals surface area contributed by atoms with Crippen LogP contribution in [0.4, 0.5) is 5.69 Å². The molecular formula is C24H37N5O5. The molecule has 10 heteroatoms. The van der Waals surface area contributed by atoms with E-state index in [0.29, 0.717) is 62.5 Å². The normalized spacial score (nSPS) is 11.5. The molecule has 0 aliphatic rings. The van der Waals surface area contributed by atoms with E-state index in [4.69, 9.17) is 4.74 Å². The lowest BCUT2D eigenvalue weighted by Gasteiger charge is -2.27. The van der Waals surface area contributed by atoms with Gasteiger partial charge in [-0.2, -0.15) is 0 Å². The number of rotatable bonds is 19. The molecule has 0 radical (unpaired) electrons. The molecular weight excluding hydrogens is 438 g/mol. The predicted molar refractivity (Wildman–Crippen MR) is 131 cm³/mol. The van der Waals surface area contributed by atoms with Crippen molar-refractivity contribution in [3.63, 3.8) is 0 Å². The number of nitrogens with zero attached hydrogens (tertiary/aromatic N) is 1. The van der Waals surface area contributed by atoms with Gasteiger partial charge in [0.2, 0.25) is 18.2 Å². The third-order valence-electron chi connectivity index (χ3n) is 5.11. The fraction of sp³-hybridized carbons (Fsp3) is 0.500. The van der Waals surface area contributed by atoms with Crippen LogP contribution in [0.3, 0.4) is 0 Å². The average molecular weight is 476 g/mol. The van der Waals surface area contributed by atoms with E-state index in [-0.39, 0.29) is 18.9 Å². The highest BCUT2D eigenvalue weighted by atomic mass is 16.5. The van der Waals surface area contributed by atoms with Gasteiger partial charge >= 0.3 is 0 Å². The Morgan fingerprint density at radius 2 is 1.94 bits per heavy atom. The lowest BCUT2D eigenvalue weighted by atomic mass is 10.0. The molecule has 1 rings (SSSR count). The van der Waals surface area contributed by atoms with Gasteiger partial charge in [0.15, 0.2) is 0 Å². The van der Waals surface area contributed by atoms with Gasteiger partial charge in [-0.15, -0.1) is 0 Å². The van der Waals surface area contributed by atoms with Crippen LogP contribution in [0, 0.1) is 0 Å². The Morgan fingerprint density at radius 3 is 2.62 bits per heavy atom. The largest absolute Gasteiger partial charge is 0.389 e. The third kappa shape index (κ3) is 10.7. The number of hydrogen-bond acceptors (Lipinski definition) is 8. The van der Waals surface area contributed by atoms with Gasteiger partial charge in [0.05, 0.1) is 19.3 Å². The second-order valence-electron chi connectivity index (χ2n) is 7.66. The van der Waals surface area contributed by atoms with Gasteiger partial charge < -0.3 is 20.7 Å². The van der Waals surface area contributed by atoms with Crippen LogP contribution < -0.4 is 21.3 Å². The van der Waals surface area contributed by atoms with Crippen molar-refractivity contribution in [3.8, 4) is 0 Å². The molecule has 1 aromatic carbocycles. The minimum absolute atomic E-state index is 0.195. The summed E-state index contributed by atoms with van der Waals surface area (Å²) in [5.74, 6) is -0.597. The van der Waals surface area contributed by atoms with Crippen LogP contribution in [-0.2, 0) is 25.7 Å². The molecule has 0 aliphatic carbocycles. The Labute approximate surface area is 201 Å². The summed E-state index contributed by atoms with van der Waals surface area (Å²) in [4.78, 5) is 48.9. The Balaban J connectivity index is 2.68. The lowest BCUT2D eigenvalue weighted by molar-refractivity contribution is -0.129. The number of likely N-dealkylation sites (N-methyl/N-ethyl adjacent to an activating group) is 1. The summed E-state index contributed by atoms with van der Waals surface area (Å²) >= 11 is 0. The second-order valence-corrected chi connectivity index (χ2v) is 7.66. The highest BCUT2D eigenvalue weighted by Crippen LogP contribution is 2.22. The molecule has 34 heavy (non-hydrogen) atoms. The van der Waals surface area contributed by atoms with E-state index in [0.717, 1.165) is 12.7 Å². The zero-order chi connectivity index (χ0) is 25.2. The molecule has 0 fully saturated rings. The van der Waals surface area contributed by atoms with Crippen LogP contribution >= 0.6 is 0 Å². The number of hydrogen-bond donors (Lipinski definition) is 4. The van der Waals surface area contributed by atoms with Gasteiger partial charge in [0.1, 0.15) is 6.29 Å². The van der Waals surface area contributed by atoms with Crippen molar-refractivity contribution in [1.82, 2.24) is 20.9 Å². The van der Waals surface area contributed by atoms with E-state index in [1.807, 2.05) is 6.92 Å². The monoisotopic (exact) mass is 475 g/mol. The molecule has 4 N–H and O–H groups in total. The van der Waals surface area contributed by atoms with Gasteiger partial charge in [-0.1, -0.05) is 32.1 Å². The molecule has 0 bridgehead atoms. The van der Waals surface area contributed by atoms with Crippen molar-refractivity contribution in [2.45, 2.75) is 38.8 Å². The van der Waals surface area contributed by atoms with Crippen LogP contribution in [-0.4, -0.2) is 75.3 Å². The smallest absolute Gasteiger partial charge is 0.243 e. The Kier molecular flexibility index (Phi) is 14.8. The molecule has 0 aromatic heterocycles. The molecule has 0 spiro atoms. The minimum atomic E-state index is -0.544. The Morgan fingerprint density at radius 1 is 1.18 bits per heavy atom. The molecule has 10 nitrogen and oxygen atoms in total. The summed E-state index contributed by atoms with van der Waals surface area (Å²) in [5.41, 5.74) is 1.56. The average Bonchev–Trinajstić information content (AvgIpc) is 2.82. The number of amides is 3. The maximum Gasteiger partial charge on any atom is 0.243 e. The van der Waals surface area contributed by atoms with Crippen LogP contribution in [0.2, 0.25) is 0 Å². The van der Waals surface area contributed by atoms with E-state index in [2.05, 4.69) is 27.8 Å². The van der Waals surface area contributed by atoms with Crippen LogP contribution in [0.1, 0.15) is 42.1 Å². The molecule has 0 saturated carbocycles. The number of imide groups is 1. The first-order valence-electron chi connectivity index (χ1n) is 11.4. The summed E-state index contributed by atoms with van der Waals surface area (Å²) in [6.07, 6.45) is 4.24. The number of carbonyl (C=O) groups is 4. The summed E-state index contributed by atoms with van der Waals surface area (Å²) in [6, 6.07) is 4.55. The first kappa shape index (κ1) is 29.0. The van der Waals surface area contributed by atoms with Crippen molar-refractivity contribution in [1.29, 1.82) is 0 Å². The maximum atomic E-state index is 12.5. The van der Waals surface area contributed by atoms with Crippen molar-refractivity contribution in [2.24, 2.45) is 0 Å². The maximum absolute atomic E-state index is 12.5. The number of benzene rings is 1. The fourth-order valence-corrected chi connectivity index (χ4v) is 3.37. The number of carbonyl (C=O) groups excluding carboxylic acids is 4. The van der Waals surface area contributed by atoms with Gasteiger partial charge in [0.25, 0.3) is 0 Å². The second kappa shape index (κ2) is 17.4. The summed E-state index contributed by atoms with van der Waals surface area (Å²) in [6.45, 7) is 8.67. The molecule has 1 atom stereocenters. The highest BCUT2D eigenvalue weighted by Gasteiger charge is 2.24. The highest BCUT2D eigenvalue weighted by molar-refractivity contribution is 5.93. The first-order chi connectivity index (χ1) is 16.5. The van der Waals surface area contributed by atoms with Crippen molar-refractivity contribution in [2.75, 3.05) is 45.2 Å². The van der Waals surface area contributed by atoms with Crippen LogP contribution in [0.15, 0.2) is 31.0 Å². The van der Waals surface area contributed by atoms with E-state index in [1.54, 1.807) is 36.3 Å². The van der Waals surface area contributed by atoms with E-state index < -0.39 is 11.9 Å². The van der Waals surface area contributed by atoms with E-state index in [1.165, 1.54) is 0 Å². The third-order valence-corrected chi connectivity index (χ3v) is 5.11. The van der Waals surface area contributed by atoms with Gasteiger partial charge in [-0.3, -0.25) is 29.4 Å². The Bertz CT molecular complexity index is 802. The predicted octanol–water partition coefficient (Wildman–Crippen LogP) is 1.04. The molecule has 1 unspecified atom stereocenters. The quantitative estimate of drug-likeness (QED) is 0.173. The fourth-order valence-electron chi connectivity index (χ4n) is 3.37. The Hall–Kier alpha value is -3.08. The number of ether oxygens (including phenoxy) is 1. The van der Waals surface area contributed by atoms with Gasteiger partial charge in [-0.25, -0.2) is 0 Å². The zero-order valence-corrected chi connectivity index (χ0v) is 20.1. The van der Waals surface area contributed by atoms with Crippen LogP contribution in [0.25, 0.3) is 0 Å². The lowest BCUT2D eigenvalue weighted by Crippen LogP contribution is -2.44. The SMILES string of the molecule is C=CNCCOCCNCCC(=O)Nc1cccc(C=O)c1CN(C)C(CCC)C(=O)NC=O. The molecule has 3 amide bonds. The van der Waals surface area contributed by atoms with Crippen molar-refractivity contribution >= 4 is 30.2 Å². The summed E-state index contributed by atoms with van der Waals surface area (Å²) < 4.78 is 5.43. The molecule has 0 saturated heterocycles. The zero-order valence-electron chi connectivity index (χ0n) is 20.1. The number of aldehydes is 1. The van der Waals surface area contributed by atoms with Crippen molar-refractivity contribution in [3.05, 3.63) is 42.1 Å². The van der Waals surface area contributed by atoms with Gasteiger partial charge in [-0.05, 0) is 25.7 Å². The van der Waals surface area contributed by atoms with Crippen molar-refractivity contribution < 1.29 is 23.9 Å². The number of nitrogens with one attached hydrogen (secondary N) is 4. The van der Waals surface area contributed by atoms with E-state index >= 15 is 0 Å². The standard InChI is InChI=1S/C24H37N5O5/c1-4-7-22(24(33)27-18-31)29(3)16-20-19(17-30)8-6-9-21(20)28-23(32)10-11-26-13-15-34-14-12-25-5-2/h5-6,8-9,17-18,22,25-26H,2,4,7,10-16H2,1,3H3,(H,28,32)(H,27,31,33). The molecule has 0 aliphatic heterocycles. The molecule has 0 heterocycles. The van der Waals surface area contributed by atoms with Crippen LogP contribution in [0.5, 0.6) is 0 Å². The molecule has 1 aromatic rings. The molecule has 188 valence electrons. The topological polar surface area (TPSA) is 129 Å². The van der Waals surface area contributed by atoms with Gasteiger partial charge in [0, 0.05) is 49.4 Å². The first-order valence-corrected chi connectivity index (χ1v) is 11.4.